The van der Waals surface area contributed by atoms with Gasteiger partial charge >= 0.3 is 5.97 Å². The summed E-state index contributed by atoms with van der Waals surface area (Å²) in [5.41, 5.74) is -3.47. The van der Waals surface area contributed by atoms with E-state index in [2.05, 4.69) is 85.0 Å². The maximum Gasteiger partial charge on any atom is 0.331 e. The smallest absolute Gasteiger partial charge is 0.331 e. The largest absolute Gasteiger partial charge is 0.490 e. The van der Waals surface area contributed by atoms with Gasteiger partial charge < -0.3 is 78.6 Å². The lowest BCUT2D eigenvalue weighted by atomic mass is 9.77. The molecule has 476 valence electrons. The molecule has 1 aliphatic heterocycles. The van der Waals surface area contributed by atoms with Crippen molar-refractivity contribution in [2.75, 3.05) is 13.7 Å². The molecule has 2 bridgehead atoms. The number of ether oxygens (including phenoxy) is 2. The highest BCUT2D eigenvalue weighted by molar-refractivity contribution is 9.10. The molecule has 12 unspecified atom stereocenters. The molecule has 1 aliphatic carbocycles. The van der Waals surface area contributed by atoms with E-state index in [1.165, 1.54) is 97.1 Å². The van der Waals surface area contributed by atoms with Crippen molar-refractivity contribution in [3.8, 4) is 5.75 Å². The molecule has 87 heavy (non-hydrogen) atoms. The first-order valence-corrected chi connectivity index (χ1v) is 28.8. The van der Waals surface area contributed by atoms with Crippen molar-refractivity contribution in [3.63, 3.8) is 0 Å². The zero-order valence-corrected chi connectivity index (χ0v) is 52.6. The van der Waals surface area contributed by atoms with E-state index in [1.807, 2.05) is 6.07 Å². The minimum Gasteiger partial charge on any atom is -0.490 e. The van der Waals surface area contributed by atoms with E-state index in [4.69, 9.17) is 9.47 Å². The molecule has 13 N–H and O–H groups in total. The first-order chi connectivity index (χ1) is 40.4. The average Bonchev–Trinajstić information content (AvgIpc) is 3.58. The van der Waals surface area contributed by atoms with Crippen LogP contribution in [0.3, 0.4) is 0 Å². The van der Waals surface area contributed by atoms with Crippen molar-refractivity contribution >= 4 is 98.7 Å². The van der Waals surface area contributed by atoms with Gasteiger partial charge in [0.2, 0.25) is 70.9 Å². The number of nitrogens with one attached hydrogen (secondary N) is 13. The average molecular weight is 1280 g/mol. The predicted octanol–water partition coefficient (Wildman–Crippen LogP) is -2.51. The first-order valence-electron chi connectivity index (χ1n) is 28.0. The highest BCUT2D eigenvalue weighted by Crippen LogP contribution is 2.36. The maximum atomic E-state index is 14.0. The summed E-state index contributed by atoms with van der Waals surface area (Å²) in [4.78, 5) is 185. The molecule has 30 heteroatoms. The van der Waals surface area contributed by atoms with E-state index in [1.54, 1.807) is 36.4 Å². The normalized spacial score (nSPS) is 21.3. The van der Waals surface area contributed by atoms with Crippen molar-refractivity contribution in [2.45, 2.75) is 186 Å². The van der Waals surface area contributed by atoms with Crippen LogP contribution in [-0.4, -0.2) is 174 Å². The monoisotopic (exact) mass is 1280 g/mol. The number of carbonyl (C=O) groups is 14. The summed E-state index contributed by atoms with van der Waals surface area (Å²) in [7, 11) is 1.19. The van der Waals surface area contributed by atoms with Crippen LogP contribution in [0, 0.1) is 0 Å². The van der Waals surface area contributed by atoms with Crippen LogP contribution in [0.1, 0.15) is 118 Å². The Morgan fingerprint density at radius 1 is 0.598 bits per heavy atom. The van der Waals surface area contributed by atoms with Gasteiger partial charge in [0.05, 0.1) is 7.11 Å². The van der Waals surface area contributed by atoms with Crippen LogP contribution in [-0.2, 0) is 79.9 Å². The minimum absolute atomic E-state index is 0.0698. The molecule has 4 rings (SSSR count). The molecule has 2 aromatic carbocycles. The van der Waals surface area contributed by atoms with Gasteiger partial charge in [0.15, 0.2) is 5.54 Å². The molecule has 0 aromatic heterocycles. The number of fused-ring (bicyclic) bond motifs is 1. The van der Waals surface area contributed by atoms with Gasteiger partial charge in [-0.3, -0.25) is 62.3 Å². The quantitative estimate of drug-likeness (QED) is 0.0574. The number of esters is 1. The van der Waals surface area contributed by atoms with Crippen LogP contribution in [0.2, 0.25) is 0 Å². The Morgan fingerprint density at radius 3 is 1.52 bits per heavy atom. The van der Waals surface area contributed by atoms with E-state index in [0.29, 0.717) is 17.5 Å². The van der Waals surface area contributed by atoms with Crippen LogP contribution in [0.4, 0.5) is 0 Å². The molecule has 2 aromatic rings. The SMILES string of the molecule is COC(=O)C12CCc3cccc(c3C1)OCC(C)(NC(=O)C(C)NC(=O)C(C)NC(=O)C(C)NC(=O)C(C)NC(=O)C(C)NC(=O)C(C)NC(=O)C(C)(C)NC(=O)C(C)NC(=O)C(C)NC(=O)c1ccc(Br)cc1)C(=O)NC(C)C(=O)NC(C)C(=O)N2. The topological polar surface area (TPSA) is 414 Å². The summed E-state index contributed by atoms with van der Waals surface area (Å²) in [6, 6.07) is -0.786. The molecule has 0 saturated carbocycles. The number of hydrogen-bond donors (Lipinski definition) is 13. The van der Waals surface area contributed by atoms with Crippen molar-refractivity contribution in [1.82, 2.24) is 69.1 Å². The molecule has 0 fully saturated rings. The molecule has 0 radical (unpaired) electrons. The Hall–Kier alpha value is -8.70. The van der Waals surface area contributed by atoms with E-state index < -0.39 is 166 Å². The van der Waals surface area contributed by atoms with Gasteiger partial charge in [-0.2, -0.15) is 0 Å². The number of amides is 13. The minimum atomic E-state index is -1.94. The molecule has 13 amide bonds. The summed E-state index contributed by atoms with van der Waals surface area (Å²) in [5, 5.41) is 32.6. The third-order valence-corrected chi connectivity index (χ3v) is 15.0. The molecule has 2 aliphatic rings. The number of hydrogen-bond acceptors (Lipinski definition) is 16. The molecule has 1 heterocycles. The number of benzene rings is 2. The van der Waals surface area contributed by atoms with Crippen LogP contribution < -0.4 is 73.9 Å². The third kappa shape index (κ3) is 19.1. The van der Waals surface area contributed by atoms with Crippen molar-refractivity contribution < 1.29 is 76.6 Å². The summed E-state index contributed by atoms with van der Waals surface area (Å²) in [6.07, 6.45) is 0.409. The third-order valence-electron chi connectivity index (χ3n) is 14.5. The van der Waals surface area contributed by atoms with E-state index in [-0.39, 0.29) is 18.6 Å². The van der Waals surface area contributed by atoms with Crippen LogP contribution in [0.5, 0.6) is 5.75 Å². The maximum absolute atomic E-state index is 14.0. The Morgan fingerprint density at radius 2 is 1.03 bits per heavy atom. The van der Waals surface area contributed by atoms with Gasteiger partial charge in [-0.05, 0) is 139 Å². The van der Waals surface area contributed by atoms with Gasteiger partial charge in [0.1, 0.15) is 83.9 Å². The highest BCUT2D eigenvalue weighted by Gasteiger charge is 2.47. The molecule has 29 nitrogen and oxygen atoms in total. The predicted molar refractivity (Wildman–Crippen MR) is 315 cm³/mol. The molecular formula is C57H80BrN13O16. The van der Waals surface area contributed by atoms with Gasteiger partial charge in [-0.25, -0.2) is 4.79 Å². The second kappa shape index (κ2) is 30.1. The number of aryl methyl sites for hydroxylation is 1. The number of halogens is 1. The van der Waals surface area contributed by atoms with Gasteiger partial charge in [0, 0.05) is 22.0 Å². The lowest BCUT2D eigenvalue weighted by Crippen LogP contribution is -2.65. The molecular weight excluding hydrogens is 1200 g/mol. The fourth-order valence-electron chi connectivity index (χ4n) is 8.66. The van der Waals surface area contributed by atoms with Crippen molar-refractivity contribution in [3.05, 3.63) is 63.6 Å². The summed E-state index contributed by atoms with van der Waals surface area (Å²) in [6.45, 7) is 16.9. The number of carbonyl (C=O) groups excluding carboxylic acids is 14. The summed E-state index contributed by atoms with van der Waals surface area (Å²) < 4.78 is 12.1. The Kier molecular flexibility index (Phi) is 24.5. The summed E-state index contributed by atoms with van der Waals surface area (Å²) in [5.74, 6) is -10.6. The highest BCUT2D eigenvalue weighted by atomic mass is 79.9. The van der Waals surface area contributed by atoms with Crippen LogP contribution in [0.25, 0.3) is 0 Å². The Labute approximate surface area is 511 Å². The lowest BCUT2D eigenvalue weighted by molar-refractivity contribution is -0.152. The van der Waals surface area contributed by atoms with E-state index >= 15 is 0 Å². The fourth-order valence-corrected chi connectivity index (χ4v) is 8.93. The number of methoxy groups -OCH3 is 1. The van der Waals surface area contributed by atoms with Crippen LogP contribution in [0.15, 0.2) is 46.9 Å². The van der Waals surface area contributed by atoms with E-state index in [0.717, 1.165) is 10.0 Å². The second-order valence-corrected chi connectivity index (χ2v) is 23.5. The Balaban J connectivity index is 1.26. The molecule has 12 atom stereocenters. The zero-order chi connectivity index (χ0) is 65.6. The van der Waals surface area contributed by atoms with E-state index in [9.17, 15) is 67.1 Å². The Bertz CT molecular complexity index is 3020. The van der Waals surface area contributed by atoms with Gasteiger partial charge in [0.25, 0.3) is 5.91 Å². The first kappa shape index (κ1) is 70.8. The molecule has 0 spiro atoms. The van der Waals surface area contributed by atoms with Gasteiger partial charge in [-0.1, -0.05) is 28.1 Å². The fraction of sp³-hybridized carbons (Fsp3) is 0.544. The van der Waals surface area contributed by atoms with Crippen molar-refractivity contribution in [2.24, 2.45) is 0 Å². The van der Waals surface area contributed by atoms with Gasteiger partial charge in [-0.15, -0.1) is 0 Å². The lowest BCUT2D eigenvalue weighted by Gasteiger charge is -2.38. The molecule has 0 saturated heterocycles. The summed E-state index contributed by atoms with van der Waals surface area (Å²) >= 11 is 3.28. The number of rotatable bonds is 21. The van der Waals surface area contributed by atoms with Crippen LogP contribution >= 0.6 is 15.9 Å². The zero-order valence-electron chi connectivity index (χ0n) is 51.1. The second-order valence-electron chi connectivity index (χ2n) is 22.6. The van der Waals surface area contributed by atoms with Crippen molar-refractivity contribution in [1.29, 1.82) is 0 Å². The standard InChI is InChI=1S/C57H80BrN13O16/c1-26(60-43(74)28(3)62-46(77)31(6)67-52(83)55(11,12)69-48(79)33(8)63-45(76)30(5)66-51(82)37-18-20-38(58)21-19-37)41(72)59-27(2)42(73)61-29(4)44(75)64-34(9)49(80)70-56(13)25-87-40-17-15-16-36-22-23-57(24-39(36)40,54(85)86-14)71-50(81)35(10)65-47(78)32(7)68-53(56)84/h15-21,26-35H,22-25H2,1-14H3,(H,59,72)(H,60,74)(H,61,73)(H,62,77)(H,63,76)(H,64,75)(H,65,78)(H,66,82)(H,67,83)(H,68,84)(H,69,79)(H,70,80)(H,71,81).